The SMILES string of the molecule is CC(C)(C)c1ccc(Oc2nc3sccn3c2CCl)cc1. The Bertz CT molecular complexity index is 753. The van der Waals surface area contributed by atoms with Gasteiger partial charge in [0.25, 0.3) is 0 Å². The summed E-state index contributed by atoms with van der Waals surface area (Å²) in [4.78, 5) is 5.38. The zero-order valence-corrected chi connectivity index (χ0v) is 13.8. The van der Waals surface area contributed by atoms with E-state index in [2.05, 4.69) is 37.9 Å². The number of ether oxygens (including phenoxy) is 1. The van der Waals surface area contributed by atoms with Gasteiger partial charge in [0.1, 0.15) is 11.4 Å². The molecule has 0 spiro atoms. The maximum atomic E-state index is 6.02. The van der Waals surface area contributed by atoms with Crippen LogP contribution in [0.1, 0.15) is 32.0 Å². The lowest BCUT2D eigenvalue weighted by molar-refractivity contribution is 0.460. The third kappa shape index (κ3) is 2.78. The summed E-state index contributed by atoms with van der Waals surface area (Å²) in [7, 11) is 0. The molecule has 1 aromatic carbocycles. The monoisotopic (exact) mass is 320 g/mol. The summed E-state index contributed by atoms with van der Waals surface area (Å²) < 4.78 is 7.87. The normalized spacial score (nSPS) is 12.0. The van der Waals surface area contributed by atoms with Gasteiger partial charge in [-0.3, -0.25) is 4.40 Å². The van der Waals surface area contributed by atoms with E-state index in [-0.39, 0.29) is 5.41 Å². The van der Waals surface area contributed by atoms with E-state index in [1.165, 1.54) is 5.56 Å². The second-order valence-corrected chi connectivity index (χ2v) is 7.07. The van der Waals surface area contributed by atoms with Crippen molar-refractivity contribution >= 4 is 27.9 Å². The molecule has 0 atom stereocenters. The quantitative estimate of drug-likeness (QED) is 0.618. The standard InChI is InChI=1S/C16H17ClN2OS/c1-16(2,3)11-4-6-12(7-5-11)20-14-13(10-17)19-8-9-21-15(19)18-14/h4-9H,10H2,1-3H3. The molecule has 0 N–H and O–H groups in total. The first-order chi connectivity index (χ1) is 9.99. The molecule has 3 rings (SSSR count). The van der Waals surface area contributed by atoms with E-state index in [0.717, 1.165) is 16.4 Å². The molecule has 2 heterocycles. The van der Waals surface area contributed by atoms with Crippen LogP contribution in [0.25, 0.3) is 4.96 Å². The van der Waals surface area contributed by atoms with E-state index in [9.17, 15) is 0 Å². The fourth-order valence-electron chi connectivity index (χ4n) is 2.15. The Morgan fingerprint density at radius 2 is 1.95 bits per heavy atom. The molecule has 21 heavy (non-hydrogen) atoms. The van der Waals surface area contributed by atoms with Gasteiger partial charge in [-0.15, -0.1) is 22.9 Å². The Labute approximate surface area is 133 Å². The van der Waals surface area contributed by atoms with E-state index in [1.54, 1.807) is 11.3 Å². The van der Waals surface area contributed by atoms with Gasteiger partial charge in [-0.25, -0.2) is 0 Å². The number of hydrogen-bond acceptors (Lipinski definition) is 3. The number of rotatable bonds is 3. The summed E-state index contributed by atoms with van der Waals surface area (Å²) in [5.41, 5.74) is 2.29. The summed E-state index contributed by atoms with van der Waals surface area (Å²) in [6, 6.07) is 8.14. The number of thiazole rings is 1. The summed E-state index contributed by atoms with van der Waals surface area (Å²) in [6.45, 7) is 6.58. The highest BCUT2D eigenvalue weighted by Crippen LogP contribution is 2.30. The minimum absolute atomic E-state index is 0.136. The summed E-state index contributed by atoms with van der Waals surface area (Å²) in [6.07, 6.45) is 1.96. The first kappa shape index (κ1) is 14.4. The number of imidazole rings is 1. The number of alkyl halides is 1. The molecular formula is C16H17ClN2OS. The van der Waals surface area contributed by atoms with Gasteiger partial charge in [0.15, 0.2) is 4.96 Å². The fraction of sp³-hybridized carbons (Fsp3) is 0.312. The highest BCUT2D eigenvalue weighted by atomic mass is 35.5. The molecule has 0 fully saturated rings. The molecule has 0 bridgehead atoms. The first-order valence-corrected chi connectivity index (χ1v) is 8.19. The maximum absolute atomic E-state index is 6.02. The number of nitrogens with zero attached hydrogens (tertiary/aromatic N) is 2. The Kier molecular flexibility index (Phi) is 3.68. The van der Waals surface area contributed by atoms with E-state index in [1.807, 2.05) is 28.1 Å². The van der Waals surface area contributed by atoms with Crippen LogP contribution < -0.4 is 4.74 Å². The zero-order chi connectivity index (χ0) is 15.0. The molecule has 0 aliphatic carbocycles. The fourth-order valence-corrected chi connectivity index (χ4v) is 3.12. The number of fused-ring (bicyclic) bond motifs is 1. The van der Waals surface area contributed by atoms with Crippen LogP contribution in [0.3, 0.4) is 0 Å². The second-order valence-electron chi connectivity index (χ2n) is 5.93. The van der Waals surface area contributed by atoms with Crippen LogP contribution in [-0.4, -0.2) is 9.38 Å². The molecule has 3 aromatic rings. The van der Waals surface area contributed by atoms with Crippen LogP contribution in [0.15, 0.2) is 35.8 Å². The number of aromatic nitrogens is 2. The van der Waals surface area contributed by atoms with Crippen LogP contribution in [0, 0.1) is 0 Å². The number of hydrogen-bond donors (Lipinski definition) is 0. The Morgan fingerprint density at radius 1 is 1.24 bits per heavy atom. The van der Waals surface area contributed by atoms with Gasteiger partial charge in [-0.05, 0) is 23.1 Å². The van der Waals surface area contributed by atoms with Gasteiger partial charge in [-0.1, -0.05) is 32.9 Å². The van der Waals surface area contributed by atoms with Crippen molar-refractivity contribution in [3.63, 3.8) is 0 Å². The van der Waals surface area contributed by atoms with Crippen molar-refractivity contribution in [3.05, 3.63) is 47.1 Å². The molecule has 2 aromatic heterocycles. The van der Waals surface area contributed by atoms with Crippen LogP contribution in [0.2, 0.25) is 0 Å². The molecular weight excluding hydrogens is 304 g/mol. The molecule has 0 radical (unpaired) electrons. The zero-order valence-electron chi connectivity index (χ0n) is 12.3. The average Bonchev–Trinajstić information content (AvgIpc) is 2.98. The van der Waals surface area contributed by atoms with Gasteiger partial charge >= 0.3 is 0 Å². The van der Waals surface area contributed by atoms with E-state index in [0.29, 0.717) is 11.8 Å². The molecule has 3 nitrogen and oxygen atoms in total. The van der Waals surface area contributed by atoms with E-state index >= 15 is 0 Å². The van der Waals surface area contributed by atoms with Gasteiger partial charge in [0, 0.05) is 11.6 Å². The van der Waals surface area contributed by atoms with Crippen LogP contribution in [0.4, 0.5) is 0 Å². The van der Waals surface area contributed by atoms with Crippen LogP contribution in [0.5, 0.6) is 11.6 Å². The van der Waals surface area contributed by atoms with Gasteiger partial charge in [-0.2, -0.15) is 4.98 Å². The topological polar surface area (TPSA) is 26.5 Å². The van der Waals surface area contributed by atoms with Gasteiger partial charge in [0.05, 0.1) is 5.88 Å². The number of benzene rings is 1. The largest absolute Gasteiger partial charge is 0.437 e. The first-order valence-electron chi connectivity index (χ1n) is 6.78. The molecule has 0 aliphatic rings. The van der Waals surface area contributed by atoms with Crippen LogP contribution in [-0.2, 0) is 11.3 Å². The van der Waals surface area contributed by atoms with Crippen molar-refractivity contribution in [3.8, 4) is 11.6 Å². The third-order valence-corrected chi connectivity index (χ3v) is 4.40. The molecule has 0 saturated carbocycles. The predicted molar refractivity (Wildman–Crippen MR) is 87.8 cm³/mol. The summed E-state index contributed by atoms with van der Waals surface area (Å²) in [5, 5.41) is 1.99. The van der Waals surface area contributed by atoms with Gasteiger partial charge < -0.3 is 4.74 Å². The highest BCUT2D eigenvalue weighted by Gasteiger charge is 2.16. The molecule has 0 amide bonds. The van der Waals surface area contributed by atoms with Crippen molar-refractivity contribution in [1.82, 2.24) is 9.38 Å². The van der Waals surface area contributed by atoms with Crippen molar-refractivity contribution in [2.24, 2.45) is 0 Å². The van der Waals surface area contributed by atoms with E-state index in [4.69, 9.17) is 16.3 Å². The lowest BCUT2D eigenvalue weighted by atomic mass is 9.87. The van der Waals surface area contributed by atoms with Gasteiger partial charge in [0.2, 0.25) is 5.88 Å². The van der Waals surface area contributed by atoms with Crippen molar-refractivity contribution < 1.29 is 4.74 Å². The lowest BCUT2D eigenvalue weighted by Gasteiger charge is -2.19. The lowest BCUT2D eigenvalue weighted by Crippen LogP contribution is -2.10. The predicted octanol–water partition coefficient (Wildman–Crippen LogP) is 5.22. The second kappa shape index (κ2) is 5.35. The van der Waals surface area contributed by atoms with Crippen molar-refractivity contribution in [2.75, 3.05) is 0 Å². The van der Waals surface area contributed by atoms with Crippen molar-refractivity contribution in [2.45, 2.75) is 32.1 Å². The van der Waals surface area contributed by atoms with Crippen molar-refractivity contribution in [1.29, 1.82) is 0 Å². The minimum atomic E-state index is 0.136. The number of halogens is 1. The van der Waals surface area contributed by atoms with E-state index < -0.39 is 0 Å². The van der Waals surface area contributed by atoms with Crippen LogP contribution >= 0.6 is 22.9 Å². The molecule has 0 unspecified atom stereocenters. The third-order valence-electron chi connectivity index (χ3n) is 3.39. The molecule has 110 valence electrons. The molecule has 0 aliphatic heterocycles. The highest BCUT2D eigenvalue weighted by molar-refractivity contribution is 7.15. The summed E-state index contributed by atoms with van der Waals surface area (Å²) >= 11 is 7.59. The Morgan fingerprint density at radius 3 is 2.57 bits per heavy atom. The maximum Gasteiger partial charge on any atom is 0.243 e. The average molecular weight is 321 g/mol. The molecule has 0 saturated heterocycles. The smallest absolute Gasteiger partial charge is 0.243 e. The Hall–Kier alpha value is -1.52. The molecule has 5 heteroatoms. The summed E-state index contributed by atoms with van der Waals surface area (Å²) in [5.74, 6) is 1.73. The Balaban J connectivity index is 1.89. The minimum Gasteiger partial charge on any atom is -0.437 e.